The molecule has 0 atom stereocenters. The van der Waals surface area contributed by atoms with Crippen LogP contribution in [0.1, 0.15) is 13.8 Å². The van der Waals surface area contributed by atoms with Crippen molar-refractivity contribution in [1.29, 1.82) is 0 Å². The van der Waals surface area contributed by atoms with Gasteiger partial charge < -0.3 is 5.73 Å². The molecular weight excluding hydrogens is 240 g/mol. The van der Waals surface area contributed by atoms with Crippen LogP contribution in [-0.4, -0.2) is 18.1 Å². The van der Waals surface area contributed by atoms with Gasteiger partial charge in [-0.3, -0.25) is 4.99 Å². The smallest absolute Gasteiger partial charge is 0.104 e. The van der Waals surface area contributed by atoms with Crippen LogP contribution in [0.5, 0.6) is 0 Å². The zero-order chi connectivity index (χ0) is 12.0. The molecule has 0 amide bonds. The number of nitrogens with two attached hydrogens (primary N) is 1. The number of halogens is 1. The lowest BCUT2D eigenvalue weighted by Crippen LogP contribution is -2.16. The third kappa shape index (κ3) is 5.42. The molecule has 16 heavy (non-hydrogen) atoms. The second-order valence-corrected chi connectivity index (χ2v) is 5.46. The van der Waals surface area contributed by atoms with Crippen LogP contribution in [0.3, 0.4) is 0 Å². The van der Waals surface area contributed by atoms with Crippen LogP contribution >= 0.6 is 23.4 Å². The minimum absolute atomic E-state index is 0.551. The Hall–Kier alpha value is -0.670. The predicted molar refractivity (Wildman–Crippen MR) is 73.5 cm³/mol. The Morgan fingerprint density at radius 3 is 2.88 bits per heavy atom. The molecule has 0 bridgehead atoms. The topological polar surface area (TPSA) is 38.4 Å². The Kier molecular flexibility index (Phi) is 5.71. The Morgan fingerprint density at radius 1 is 1.50 bits per heavy atom. The summed E-state index contributed by atoms with van der Waals surface area (Å²) < 4.78 is 0. The molecule has 0 fully saturated rings. The highest BCUT2D eigenvalue weighted by Gasteiger charge is 1.98. The average molecular weight is 257 g/mol. The monoisotopic (exact) mass is 256 g/mol. The molecule has 0 aromatic heterocycles. The number of benzene rings is 1. The number of thioether (sulfide) groups is 1. The maximum absolute atomic E-state index is 5.89. The quantitative estimate of drug-likeness (QED) is 0.498. The van der Waals surface area contributed by atoms with Crippen molar-refractivity contribution < 1.29 is 0 Å². The van der Waals surface area contributed by atoms with Crippen molar-refractivity contribution in [3.05, 3.63) is 29.3 Å². The molecule has 4 heteroatoms. The van der Waals surface area contributed by atoms with Crippen molar-refractivity contribution in [3.63, 3.8) is 0 Å². The molecule has 0 radical (unpaired) electrons. The van der Waals surface area contributed by atoms with Gasteiger partial charge in [-0.25, -0.2) is 0 Å². The number of rotatable bonds is 5. The minimum Gasteiger partial charge on any atom is -0.387 e. The van der Waals surface area contributed by atoms with E-state index >= 15 is 0 Å². The third-order valence-corrected chi connectivity index (χ3v) is 3.10. The zero-order valence-corrected chi connectivity index (χ0v) is 11.2. The van der Waals surface area contributed by atoms with Gasteiger partial charge in [0, 0.05) is 16.5 Å². The maximum Gasteiger partial charge on any atom is 0.104 e. The predicted octanol–water partition coefficient (Wildman–Crippen LogP) is 3.45. The molecule has 0 aliphatic rings. The van der Waals surface area contributed by atoms with Gasteiger partial charge in [-0.1, -0.05) is 31.5 Å². The molecule has 0 saturated heterocycles. The van der Waals surface area contributed by atoms with E-state index in [4.69, 9.17) is 17.3 Å². The van der Waals surface area contributed by atoms with E-state index in [2.05, 4.69) is 18.8 Å². The first-order chi connectivity index (χ1) is 7.58. The first-order valence-electron chi connectivity index (χ1n) is 5.25. The van der Waals surface area contributed by atoms with Crippen molar-refractivity contribution >= 4 is 29.2 Å². The number of nitrogens with zero attached hydrogens (tertiary/aromatic N) is 1. The molecule has 2 nitrogen and oxygen atoms in total. The number of hydrogen-bond donors (Lipinski definition) is 1. The summed E-state index contributed by atoms with van der Waals surface area (Å²) in [6, 6.07) is 7.75. The zero-order valence-electron chi connectivity index (χ0n) is 9.61. The van der Waals surface area contributed by atoms with Crippen LogP contribution in [0.25, 0.3) is 0 Å². The van der Waals surface area contributed by atoms with E-state index in [-0.39, 0.29) is 0 Å². The fourth-order valence-electron chi connectivity index (χ4n) is 1.06. The molecule has 2 N–H and O–H groups in total. The molecule has 0 spiro atoms. The van der Waals surface area contributed by atoms with E-state index < -0.39 is 0 Å². The van der Waals surface area contributed by atoms with Gasteiger partial charge in [0.2, 0.25) is 0 Å². The summed E-state index contributed by atoms with van der Waals surface area (Å²) in [5.41, 5.74) is 5.80. The molecule has 0 unspecified atom stereocenters. The van der Waals surface area contributed by atoms with E-state index in [1.807, 2.05) is 24.3 Å². The van der Waals surface area contributed by atoms with Gasteiger partial charge in [-0.2, -0.15) is 0 Å². The van der Waals surface area contributed by atoms with Crippen LogP contribution in [0.15, 0.2) is 34.2 Å². The van der Waals surface area contributed by atoms with Crippen LogP contribution in [0, 0.1) is 5.92 Å². The molecular formula is C12H17ClN2S. The normalized spacial score (nSPS) is 12.1. The van der Waals surface area contributed by atoms with Gasteiger partial charge in [0.1, 0.15) is 5.84 Å². The summed E-state index contributed by atoms with van der Waals surface area (Å²) in [7, 11) is 0. The summed E-state index contributed by atoms with van der Waals surface area (Å²) >= 11 is 7.54. The van der Waals surface area contributed by atoms with Gasteiger partial charge in [0.15, 0.2) is 0 Å². The van der Waals surface area contributed by atoms with Gasteiger partial charge in [-0.05, 0) is 24.1 Å². The Balaban J connectivity index is 2.42. The fourth-order valence-corrected chi connectivity index (χ4v) is 2.11. The summed E-state index contributed by atoms with van der Waals surface area (Å²) in [5.74, 6) is 1.96. The molecule has 0 aliphatic carbocycles. The SMILES string of the molecule is CC(C)CN=C(N)CSc1cccc(Cl)c1. The largest absolute Gasteiger partial charge is 0.387 e. The van der Waals surface area contributed by atoms with Crippen molar-refractivity contribution in [3.8, 4) is 0 Å². The highest BCUT2D eigenvalue weighted by atomic mass is 35.5. The van der Waals surface area contributed by atoms with Crippen molar-refractivity contribution in [2.24, 2.45) is 16.6 Å². The van der Waals surface area contributed by atoms with Crippen molar-refractivity contribution in [2.75, 3.05) is 12.3 Å². The molecule has 88 valence electrons. The number of hydrogen-bond acceptors (Lipinski definition) is 2. The van der Waals surface area contributed by atoms with Crippen molar-refractivity contribution in [2.45, 2.75) is 18.7 Å². The van der Waals surface area contributed by atoms with E-state index in [0.717, 1.165) is 16.5 Å². The van der Waals surface area contributed by atoms with Crippen LogP contribution in [0.4, 0.5) is 0 Å². The van der Waals surface area contributed by atoms with Gasteiger partial charge in [0.05, 0.1) is 5.75 Å². The molecule has 0 saturated carbocycles. The van der Waals surface area contributed by atoms with E-state index in [9.17, 15) is 0 Å². The van der Waals surface area contributed by atoms with E-state index in [1.165, 1.54) is 0 Å². The van der Waals surface area contributed by atoms with Gasteiger partial charge in [0.25, 0.3) is 0 Å². The summed E-state index contributed by atoms with van der Waals surface area (Å²) in [4.78, 5) is 5.42. The summed E-state index contributed by atoms with van der Waals surface area (Å²) in [5, 5.41) is 0.752. The lowest BCUT2D eigenvalue weighted by molar-refractivity contribution is 0.665. The first-order valence-corrected chi connectivity index (χ1v) is 6.61. The molecule has 0 aliphatic heterocycles. The third-order valence-electron chi connectivity index (χ3n) is 1.84. The summed E-state index contributed by atoms with van der Waals surface area (Å²) in [6.45, 7) is 5.05. The Bertz CT molecular complexity index is 364. The minimum atomic E-state index is 0.551. The second kappa shape index (κ2) is 6.81. The summed E-state index contributed by atoms with van der Waals surface area (Å²) in [6.07, 6.45) is 0. The van der Waals surface area contributed by atoms with Crippen LogP contribution in [0.2, 0.25) is 5.02 Å². The maximum atomic E-state index is 5.89. The number of aliphatic imine (C=N–C) groups is 1. The lowest BCUT2D eigenvalue weighted by Gasteiger charge is -2.03. The highest BCUT2D eigenvalue weighted by molar-refractivity contribution is 8.00. The molecule has 1 aromatic carbocycles. The van der Waals surface area contributed by atoms with E-state index in [0.29, 0.717) is 17.5 Å². The van der Waals surface area contributed by atoms with Crippen molar-refractivity contribution in [1.82, 2.24) is 0 Å². The fraction of sp³-hybridized carbons (Fsp3) is 0.417. The molecule has 1 rings (SSSR count). The Labute approximate surface area is 106 Å². The van der Waals surface area contributed by atoms with E-state index in [1.54, 1.807) is 11.8 Å². The standard InChI is InChI=1S/C12H17ClN2S/c1-9(2)7-15-12(14)8-16-11-5-3-4-10(13)6-11/h3-6,9H,7-8H2,1-2H3,(H2,14,15). The van der Waals surface area contributed by atoms with Crippen LogP contribution in [-0.2, 0) is 0 Å². The average Bonchev–Trinajstić information content (AvgIpc) is 2.23. The second-order valence-electron chi connectivity index (χ2n) is 3.97. The molecule has 1 aromatic rings. The number of amidine groups is 1. The van der Waals surface area contributed by atoms with Crippen LogP contribution < -0.4 is 5.73 Å². The van der Waals surface area contributed by atoms with Gasteiger partial charge >= 0.3 is 0 Å². The lowest BCUT2D eigenvalue weighted by atomic mass is 10.2. The highest BCUT2D eigenvalue weighted by Crippen LogP contribution is 2.21. The first kappa shape index (κ1) is 13.4. The molecule has 0 heterocycles. The van der Waals surface area contributed by atoms with Gasteiger partial charge in [-0.15, -0.1) is 11.8 Å². The Morgan fingerprint density at radius 2 is 2.25 bits per heavy atom.